The molecule has 1 fully saturated rings. The van der Waals surface area contributed by atoms with Crippen molar-refractivity contribution < 1.29 is 27.0 Å². The van der Waals surface area contributed by atoms with Crippen molar-refractivity contribution in [2.24, 2.45) is 5.92 Å². The van der Waals surface area contributed by atoms with Gasteiger partial charge < -0.3 is 9.47 Å². The molecule has 1 aliphatic heterocycles. The third kappa shape index (κ3) is 4.20. The number of rotatable bonds is 5. The van der Waals surface area contributed by atoms with Gasteiger partial charge in [-0.1, -0.05) is 19.8 Å². The molecule has 0 N–H and O–H groups in total. The van der Waals surface area contributed by atoms with Crippen molar-refractivity contribution in [1.82, 2.24) is 0 Å². The fourth-order valence-electron chi connectivity index (χ4n) is 2.39. The van der Waals surface area contributed by atoms with E-state index < -0.39 is 28.3 Å². The highest BCUT2D eigenvalue weighted by Gasteiger charge is 2.36. The second-order valence-corrected chi connectivity index (χ2v) is 6.36. The maximum absolute atomic E-state index is 13.7. The molecular formula is C15H17BrF4O2. The van der Waals surface area contributed by atoms with Gasteiger partial charge in [-0.15, -0.1) is 0 Å². The average molecular weight is 385 g/mol. The number of hydrogen-bond acceptors (Lipinski definition) is 2. The number of alkyl halides is 3. The third-order valence-electron chi connectivity index (χ3n) is 3.55. The van der Waals surface area contributed by atoms with Gasteiger partial charge in [-0.3, -0.25) is 0 Å². The first-order chi connectivity index (χ1) is 10.3. The van der Waals surface area contributed by atoms with Crippen LogP contribution in [0.25, 0.3) is 0 Å². The Labute approximate surface area is 134 Å². The molecule has 0 saturated carbocycles. The molecule has 0 atom stereocenters. The smallest absolute Gasteiger partial charge is 0.332 e. The lowest BCUT2D eigenvalue weighted by Crippen LogP contribution is -2.27. The summed E-state index contributed by atoms with van der Waals surface area (Å²) in [5.41, 5.74) is -1.25. The van der Waals surface area contributed by atoms with E-state index in [9.17, 15) is 17.6 Å². The lowest BCUT2D eigenvalue weighted by molar-refractivity contribution is -0.206. The zero-order valence-corrected chi connectivity index (χ0v) is 13.6. The molecule has 22 heavy (non-hydrogen) atoms. The lowest BCUT2D eigenvalue weighted by atomic mass is 10.0. The Morgan fingerprint density at radius 1 is 1.18 bits per heavy atom. The molecule has 1 heterocycles. The van der Waals surface area contributed by atoms with Crippen LogP contribution in [0.3, 0.4) is 0 Å². The third-order valence-corrected chi connectivity index (χ3v) is 3.95. The SMILES string of the molecule is CCCCC1COC(c2cc(F)c(C(F)(F)Br)c(F)c2)OC1. The van der Waals surface area contributed by atoms with Gasteiger partial charge in [-0.25, -0.2) is 8.78 Å². The molecule has 2 nitrogen and oxygen atoms in total. The van der Waals surface area contributed by atoms with Crippen LogP contribution in [-0.2, 0) is 14.3 Å². The van der Waals surface area contributed by atoms with Crippen LogP contribution in [0.15, 0.2) is 12.1 Å². The minimum absolute atomic E-state index is 0.0597. The topological polar surface area (TPSA) is 18.5 Å². The molecule has 1 saturated heterocycles. The summed E-state index contributed by atoms with van der Waals surface area (Å²) in [5, 5.41) is 0. The van der Waals surface area contributed by atoms with E-state index in [1.165, 1.54) is 0 Å². The number of benzene rings is 1. The second-order valence-electron chi connectivity index (χ2n) is 5.36. The van der Waals surface area contributed by atoms with Crippen LogP contribution in [0.1, 0.15) is 43.6 Å². The summed E-state index contributed by atoms with van der Waals surface area (Å²) in [6.07, 6.45) is 2.15. The van der Waals surface area contributed by atoms with Crippen molar-refractivity contribution in [2.45, 2.75) is 37.3 Å². The first kappa shape index (κ1) is 17.7. The van der Waals surface area contributed by atoms with Gasteiger partial charge in [-0.05, 0) is 34.5 Å². The normalized spacial score (nSPS) is 22.8. The molecule has 0 amide bonds. The van der Waals surface area contributed by atoms with E-state index in [0.29, 0.717) is 13.2 Å². The van der Waals surface area contributed by atoms with Crippen LogP contribution in [0.5, 0.6) is 0 Å². The van der Waals surface area contributed by atoms with Crippen LogP contribution in [-0.4, -0.2) is 13.2 Å². The highest BCUT2D eigenvalue weighted by Crippen LogP contribution is 2.39. The van der Waals surface area contributed by atoms with E-state index in [-0.39, 0.29) is 11.5 Å². The van der Waals surface area contributed by atoms with E-state index in [2.05, 4.69) is 6.92 Å². The number of ether oxygens (including phenoxy) is 2. The molecule has 1 aromatic rings. The Morgan fingerprint density at radius 3 is 2.18 bits per heavy atom. The predicted octanol–water partition coefficient (Wildman–Crippen LogP) is 5.26. The molecule has 0 bridgehead atoms. The van der Waals surface area contributed by atoms with Gasteiger partial charge in [0.05, 0.1) is 13.2 Å². The van der Waals surface area contributed by atoms with Crippen molar-refractivity contribution in [1.29, 1.82) is 0 Å². The minimum atomic E-state index is -3.76. The van der Waals surface area contributed by atoms with Gasteiger partial charge in [-0.2, -0.15) is 8.78 Å². The summed E-state index contributed by atoms with van der Waals surface area (Å²) >= 11 is 1.96. The molecule has 0 spiro atoms. The van der Waals surface area contributed by atoms with Crippen molar-refractivity contribution in [2.75, 3.05) is 13.2 Å². The maximum atomic E-state index is 13.7. The van der Waals surface area contributed by atoms with Crippen molar-refractivity contribution in [3.8, 4) is 0 Å². The molecule has 0 aliphatic carbocycles. The van der Waals surface area contributed by atoms with Gasteiger partial charge in [0, 0.05) is 11.5 Å². The summed E-state index contributed by atoms with van der Waals surface area (Å²) in [7, 11) is 0. The fourth-order valence-corrected chi connectivity index (χ4v) is 2.77. The summed E-state index contributed by atoms with van der Waals surface area (Å²) in [5.74, 6) is -2.42. The minimum Gasteiger partial charge on any atom is -0.348 e. The Hall–Kier alpha value is -0.660. The lowest BCUT2D eigenvalue weighted by Gasteiger charge is -2.30. The first-order valence-electron chi connectivity index (χ1n) is 7.12. The predicted molar refractivity (Wildman–Crippen MR) is 76.8 cm³/mol. The highest BCUT2D eigenvalue weighted by molar-refractivity contribution is 9.09. The molecule has 0 radical (unpaired) electrons. The zero-order valence-electron chi connectivity index (χ0n) is 12.1. The van der Waals surface area contributed by atoms with Crippen molar-refractivity contribution in [3.05, 3.63) is 34.9 Å². The van der Waals surface area contributed by atoms with Gasteiger partial charge in [0.1, 0.15) is 17.2 Å². The average Bonchev–Trinajstić information content (AvgIpc) is 2.43. The summed E-state index contributed by atoms with van der Waals surface area (Å²) in [4.78, 5) is -3.76. The summed E-state index contributed by atoms with van der Waals surface area (Å²) < 4.78 is 64.6. The summed E-state index contributed by atoms with van der Waals surface area (Å²) in [6.45, 7) is 2.93. The van der Waals surface area contributed by atoms with E-state index in [1.807, 2.05) is 15.9 Å². The largest absolute Gasteiger partial charge is 0.348 e. The molecule has 7 heteroatoms. The quantitative estimate of drug-likeness (QED) is 0.509. The maximum Gasteiger partial charge on any atom is 0.332 e. The number of unbranched alkanes of at least 4 members (excludes halogenated alkanes) is 1. The molecule has 0 unspecified atom stereocenters. The Kier molecular flexibility index (Phi) is 5.85. The van der Waals surface area contributed by atoms with E-state index in [0.717, 1.165) is 31.4 Å². The second kappa shape index (κ2) is 7.27. The molecule has 1 aromatic carbocycles. The first-order valence-corrected chi connectivity index (χ1v) is 7.91. The van der Waals surface area contributed by atoms with Crippen LogP contribution >= 0.6 is 15.9 Å². The Bertz CT molecular complexity index is 488. The molecule has 1 aliphatic rings. The van der Waals surface area contributed by atoms with Crippen LogP contribution in [0, 0.1) is 17.6 Å². The van der Waals surface area contributed by atoms with Gasteiger partial charge in [0.15, 0.2) is 6.29 Å². The number of hydrogen-bond donors (Lipinski definition) is 0. The fraction of sp³-hybridized carbons (Fsp3) is 0.600. The molecular weight excluding hydrogens is 368 g/mol. The van der Waals surface area contributed by atoms with Crippen molar-refractivity contribution in [3.63, 3.8) is 0 Å². The molecule has 2 rings (SSSR count). The standard InChI is InChI=1S/C15H17BrF4O2/c1-2-3-4-9-7-21-14(22-8-9)10-5-11(17)13(12(18)6-10)15(16,19)20/h5-6,9,14H,2-4,7-8H2,1H3. The molecule has 0 aromatic heterocycles. The van der Waals surface area contributed by atoms with Gasteiger partial charge in [0.25, 0.3) is 0 Å². The Balaban J connectivity index is 2.09. The summed E-state index contributed by atoms with van der Waals surface area (Å²) in [6, 6.07) is 1.65. The number of halogens is 5. The molecule has 124 valence electrons. The van der Waals surface area contributed by atoms with Gasteiger partial charge in [0.2, 0.25) is 0 Å². The van der Waals surface area contributed by atoms with E-state index >= 15 is 0 Å². The zero-order chi connectivity index (χ0) is 16.3. The monoisotopic (exact) mass is 384 g/mol. The van der Waals surface area contributed by atoms with Gasteiger partial charge >= 0.3 is 4.83 Å². The van der Waals surface area contributed by atoms with Crippen LogP contribution < -0.4 is 0 Å². The van der Waals surface area contributed by atoms with Crippen LogP contribution in [0.4, 0.5) is 17.6 Å². The van der Waals surface area contributed by atoms with Crippen molar-refractivity contribution >= 4 is 15.9 Å². The van der Waals surface area contributed by atoms with E-state index in [1.54, 1.807) is 0 Å². The van der Waals surface area contributed by atoms with Crippen LogP contribution in [0.2, 0.25) is 0 Å². The Morgan fingerprint density at radius 2 is 1.73 bits per heavy atom. The van der Waals surface area contributed by atoms with E-state index in [4.69, 9.17) is 9.47 Å². The highest BCUT2D eigenvalue weighted by atomic mass is 79.9.